The summed E-state index contributed by atoms with van der Waals surface area (Å²) in [7, 11) is 0. The Morgan fingerprint density at radius 1 is 1.32 bits per heavy atom. The van der Waals surface area contributed by atoms with E-state index in [1.165, 1.54) is 5.56 Å². The number of carbonyl (C=O) groups excluding carboxylic acids is 1. The Morgan fingerprint density at radius 2 is 2.16 bits per heavy atom. The Balaban J connectivity index is 1.53. The van der Waals surface area contributed by atoms with E-state index in [0.717, 1.165) is 12.0 Å². The van der Waals surface area contributed by atoms with E-state index in [0.29, 0.717) is 5.92 Å². The molecule has 3 rings (SSSR count). The molecule has 4 heteroatoms. The highest BCUT2D eigenvalue weighted by Crippen LogP contribution is 2.47. The molecule has 2 atom stereocenters. The fourth-order valence-corrected chi connectivity index (χ4v) is 2.77. The third-order valence-electron chi connectivity index (χ3n) is 3.29. The molecule has 1 aliphatic rings. The van der Waals surface area contributed by atoms with Gasteiger partial charge < -0.3 is 0 Å². The van der Waals surface area contributed by atoms with Crippen LogP contribution in [0.5, 0.6) is 0 Å². The minimum atomic E-state index is 0.0142. The predicted octanol–water partition coefficient (Wildman–Crippen LogP) is 3.00. The van der Waals surface area contributed by atoms with E-state index in [1.807, 2.05) is 35.0 Å². The molecule has 1 aliphatic carbocycles. The Bertz CT molecular complexity index is 577. The van der Waals surface area contributed by atoms with Crippen LogP contribution in [0.4, 0.5) is 0 Å². The largest absolute Gasteiger partial charge is 0.273 e. The number of carbonyl (C=O) groups is 1. The first-order valence-electron chi connectivity index (χ1n) is 6.24. The number of nitrogens with one attached hydrogen (secondary N) is 1. The molecule has 1 aromatic heterocycles. The highest BCUT2D eigenvalue weighted by molar-refractivity contribution is 7.08. The average molecular weight is 270 g/mol. The normalized spacial score (nSPS) is 21.5. The maximum Gasteiger partial charge on any atom is 0.243 e. The van der Waals surface area contributed by atoms with Crippen LogP contribution in [-0.2, 0) is 4.79 Å². The lowest BCUT2D eigenvalue weighted by Gasteiger charge is -1.99. The maximum atomic E-state index is 11.9. The van der Waals surface area contributed by atoms with Gasteiger partial charge in [-0.05, 0) is 34.7 Å². The topological polar surface area (TPSA) is 41.5 Å². The van der Waals surface area contributed by atoms with Crippen LogP contribution in [0.1, 0.15) is 23.5 Å². The van der Waals surface area contributed by atoms with Crippen molar-refractivity contribution in [2.24, 2.45) is 11.0 Å². The average Bonchev–Trinajstić information content (AvgIpc) is 3.09. The van der Waals surface area contributed by atoms with Gasteiger partial charge in [-0.2, -0.15) is 16.4 Å². The summed E-state index contributed by atoms with van der Waals surface area (Å²) in [4.78, 5) is 11.9. The fraction of sp³-hybridized carbons (Fsp3) is 0.200. The van der Waals surface area contributed by atoms with Gasteiger partial charge >= 0.3 is 0 Å². The molecule has 1 saturated carbocycles. The molecule has 3 nitrogen and oxygen atoms in total. The van der Waals surface area contributed by atoms with Crippen molar-refractivity contribution in [1.82, 2.24) is 5.43 Å². The van der Waals surface area contributed by atoms with E-state index in [9.17, 15) is 4.79 Å². The molecule has 2 aromatic rings. The number of amides is 1. The van der Waals surface area contributed by atoms with E-state index < -0.39 is 0 Å². The number of hydrazone groups is 1. The second kappa shape index (κ2) is 5.36. The van der Waals surface area contributed by atoms with Crippen LogP contribution in [0.3, 0.4) is 0 Å². The summed E-state index contributed by atoms with van der Waals surface area (Å²) in [5.41, 5.74) is 4.87. The first kappa shape index (κ1) is 12.1. The second-order valence-electron chi connectivity index (χ2n) is 4.65. The van der Waals surface area contributed by atoms with Crippen LogP contribution < -0.4 is 5.43 Å². The number of hydrogen-bond donors (Lipinski definition) is 1. The molecule has 0 spiro atoms. The van der Waals surface area contributed by atoms with Gasteiger partial charge in [0.1, 0.15) is 0 Å². The van der Waals surface area contributed by atoms with Gasteiger partial charge in [0.15, 0.2) is 0 Å². The number of benzene rings is 1. The highest BCUT2D eigenvalue weighted by Gasteiger charge is 2.43. The van der Waals surface area contributed by atoms with E-state index in [1.54, 1.807) is 17.6 Å². The molecule has 0 unspecified atom stereocenters. The van der Waals surface area contributed by atoms with Gasteiger partial charge in [0.05, 0.1) is 6.21 Å². The van der Waals surface area contributed by atoms with Gasteiger partial charge in [0.2, 0.25) is 5.91 Å². The van der Waals surface area contributed by atoms with Crippen molar-refractivity contribution < 1.29 is 4.79 Å². The van der Waals surface area contributed by atoms with Gasteiger partial charge in [-0.3, -0.25) is 4.79 Å². The molecule has 1 heterocycles. The summed E-state index contributed by atoms with van der Waals surface area (Å²) in [5, 5.41) is 7.95. The molecule has 1 amide bonds. The van der Waals surface area contributed by atoms with Crippen LogP contribution in [0.25, 0.3) is 0 Å². The van der Waals surface area contributed by atoms with Gasteiger partial charge in [-0.15, -0.1) is 0 Å². The lowest BCUT2D eigenvalue weighted by Crippen LogP contribution is -2.20. The van der Waals surface area contributed by atoms with E-state index in [4.69, 9.17) is 0 Å². The van der Waals surface area contributed by atoms with Gasteiger partial charge in [0.25, 0.3) is 0 Å². The Hall–Kier alpha value is -1.94. The van der Waals surface area contributed by atoms with Crippen molar-refractivity contribution in [3.8, 4) is 0 Å². The maximum absolute atomic E-state index is 11.9. The molecule has 1 N–H and O–H groups in total. The zero-order valence-electron chi connectivity index (χ0n) is 10.3. The SMILES string of the molecule is O=C(N/N=C\c1ccsc1)[C@@H]1C[C@@H]1c1ccccc1. The Labute approximate surface area is 116 Å². The molecular weight excluding hydrogens is 256 g/mol. The van der Waals surface area contributed by atoms with Crippen LogP contribution >= 0.6 is 11.3 Å². The molecule has 0 bridgehead atoms. The van der Waals surface area contributed by atoms with E-state index >= 15 is 0 Å². The van der Waals surface area contributed by atoms with Gasteiger partial charge in [-0.1, -0.05) is 30.3 Å². The fourth-order valence-electron chi connectivity index (χ4n) is 2.16. The van der Waals surface area contributed by atoms with Crippen molar-refractivity contribution in [3.05, 3.63) is 58.3 Å². The van der Waals surface area contributed by atoms with Crippen LogP contribution in [-0.4, -0.2) is 12.1 Å². The zero-order chi connectivity index (χ0) is 13.1. The summed E-state index contributed by atoms with van der Waals surface area (Å²) in [6, 6.07) is 12.1. The summed E-state index contributed by atoms with van der Waals surface area (Å²) >= 11 is 1.61. The summed E-state index contributed by atoms with van der Waals surface area (Å²) in [6.45, 7) is 0. The molecule has 0 saturated heterocycles. The molecule has 0 aliphatic heterocycles. The number of nitrogens with zero attached hydrogens (tertiary/aromatic N) is 1. The number of rotatable bonds is 4. The van der Waals surface area contributed by atoms with E-state index in [-0.39, 0.29) is 11.8 Å². The molecule has 19 heavy (non-hydrogen) atoms. The van der Waals surface area contributed by atoms with Crippen molar-refractivity contribution in [1.29, 1.82) is 0 Å². The van der Waals surface area contributed by atoms with Crippen molar-refractivity contribution >= 4 is 23.5 Å². The Kier molecular flexibility index (Phi) is 3.42. The quantitative estimate of drug-likeness (QED) is 0.673. The van der Waals surface area contributed by atoms with Gasteiger partial charge in [-0.25, -0.2) is 5.43 Å². The summed E-state index contributed by atoms with van der Waals surface area (Å²) in [5.74, 6) is 0.444. The molecule has 1 fully saturated rings. The monoisotopic (exact) mass is 270 g/mol. The summed E-state index contributed by atoms with van der Waals surface area (Å²) < 4.78 is 0. The van der Waals surface area contributed by atoms with Crippen LogP contribution in [0, 0.1) is 5.92 Å². The number of thiophene rings is 1. The lowest BCUT2D eigenvalue weighted by atomic mass is 10.1. The number of hydrogen-bond acceptors (Lipinski definition) is 3. The lowest BCUT2D eigenvalue weighted by molar-refractivity contribution is -0.122. The van der Waals surface area contributed by atoms with E-state index in [2.05, 4.69) is 22.7 Å². The molecule has 0 radical (unpaired) electrons. The first-order chi connectivity index (χ1) is 9.34. The van der Waals surface area contributed by atoms with Crippen molar-refractivity contribution in [3.63, 3.8) is 0 Å². The third-order valence-corrected chi connectivity index (χ3v) is 3.99. The minimum Gasteiger partial charge on any atom is -0.273 e. The van der Waals surface area contributed by atoms with Crippen LogP contribution in [0.2, 0.25) is 0 Å². The van der Waals surface area contributed by atoms with Crippen molar-refractivity contribution in [2.75, 3.05) is 0 Å². The van der Waals surface area contributed by atoms with Gasteiger partial charge in [0, 0.05) is 11.5 Å². The zero-order valence-corrected chi connectivity index (χ0v) is 11.1. The smallest absolute Gasteiger partial charge is 0.243 e. The summed E-state index contributed by atoms with van der Waals surface area (Å²) in [6.07, 6.45) is 2.60. The standard InChI is InChI=1S/C15H14N2OS/c18-15(17-16-9-11-6-7-19-10-11)14-8-13(14)12-4-2-1-3-5-12/h1-7,9-10,13-14H,8H2,(H,17,18)/b16-9-/t13-,14-/m1/s1. The minimum absolute atomic E-state index is 0.0142. The van der Waals surface area contributed by atoms with Crippen LogP contribution in [0.15, 0.2) is 52.3 Å². The van der Waals surface area contributed by atoms with Crippen molar-refractivity contribution in [2.45, 2.75) is 12.3 Å². The Morgan fingerprint density at radius 3 is 2.89 bits per heavy atom. The highest BCUT2D eigenvalue weighted by atomic mass is 32.1. The first-order valence-corrected chi connectivity index (χ1v) is 7.19. The molecule has 1 aromatic carbocycles. The third kappa shape index (κ3) is 2.90. The second-order valence-corrected chi connectivity index (χ2v) is 5.43. The predicted molar refractivity (Wildman–Crippen MR) is 77.3 cm³/mol. The molecular formula is C15H14N2OS. The molecule has 96 valence electrons.